The summed E-state index contributed by atoms with van der Waals surface area (Å²) in [6.07, 6.45) is 0.502. The number of hydrogen-bond donors (Lipinski definition) is 3. The third kappa shape index (κ3) is 4.34. The zero-order valence-corrected chi connectivity index (χ0v) is 21.0. The second-order valence-electron chi connectivity index (χ2n) is 10.6. The molecule has 0 radical (unpaired) electrons. The highest BCUT2D eigenvalue weighted by molar-refractivity contribution is 5.66. The van der Waals surface area contributed by atoms with Crippen molar-refractivity contribution >= 4 is 5.97 Å². The Morgan fingerprint density at radius 1 is 1.09 bits per heavy atom. The van der Waals surface area contributed by atoms with Gasteiger partial charge in [0.1, 0.15) is 6.10 Å². The first-order chi connectivity index (χ1) is 16.0. The summed E-state index contributed by atoms with van der Waals surface area (Å²) in [6, 6.07) is 0. The molecular weight excluding hydrogens is 436 g/mol. The summed E-state index contributed by atoms with van der Waals surface area (Å²) in [5.74, 6) is 1.10. The molecule has 7 heteroatoms. The lowest BCUT2D eigenvalue weighted by molar-refractivity contribution is -0.249. The van der Waals surface area contributed by atoms with Crippen LogP contribution in [0.5, 0.6) is 11.5 Å². The van der Waals surface area contributed by atoms with Crippen molar-refractivity contribution in [2.75, 3.05) is 6.61 Å². The van der Waals surface area contributed by atoms with E-state index in [0.717, 1.165) is 30.4 Å². The van der Waals surface area contributed by atoms with Gasteiger partial charge < -0.3 is 29.5 Å². The molecule has 1 heterocycles. The number of benzene rings is 1. The lowest BCUT2D eigenvalue weighted by Gasteiger charge is -2.44. The number of phenolic OH excluding ortho intramolecular Hbond substituents is 1. The van der Waals surface area contributed by atoms with Crippen LogP contribution in [0.15, 0.2) is 11.6 Å². The number of aliphatic hydroxyl groups excluding tert-OH is 2. The summed E-state index contributed by atoms with van der Waals surface area (Å²) < 4.78 is 16.8. The summed E-state index contributed by atoms with van der Waals surface area (Å²) in [6.45, 7) is 11.7. The Balaban J connectivity index is 1.80. The normalized spacial score (nSPS) is 34.7. The number of carbonyl (C=O) groups excluding carboxylic acids is 1. The summed E-state index contributed by atoms with van der Waals surface area (Å²) in [5, 5.41) is 32.4. The van der Waals surface area contributed by atoms with E-state index in [1.165, 1.54) is 23.6 Å². The summed E-state index contributed by atoms with van der Waals surface area (Å²) in [4.78, 5) is 11.5. The molecule has 0 amide bonds. The minimum absolute atomic E-state index is 0.101. The maximum absolute atomic E-state index is 11.5. The third-order valence-corrected chi connectivity index (χ3v) is 7.75. The number of aromatic hydroxyl groups is 1. The molecule has 1 saturated heterocycles. The Kier molecular flexibility index (Phi) is 7.00. The van der Waals surface area contributed by atoms with Gasteiger partial charge in [0.25, 0.3) is 0 Å². The number of allylic oxidation sites excluding steroid dienone is 2. The van der Waals surface area contributed by atoms with E-state index in [2.05, 4.69) is 33.8 Å². The van der Waals surface area contributed by atoms with Crippen LogP contribution in [0.1, 0.15) is 93.9 Å². The molecule has 0 saturated carbocycles. The maximum Gasteiger partial charge on any atom is 0.303 e. The highest BCUT2D eigenvalue weighted by atomic mass is 16.7. The molecule has 4 rings (SSSR count). The number of esters is 1. The molecular formula is C27H38O7. The molecule has 1 aromatic rings. The number of rotatable bonds is 4. The fourth-order valence-electron chi connectivity index (χ4n) is 6.27. The molecule has 0 spiro atoms. The molecule has 0 aromatic heterocycles. The van der Waals surface area contributed by atoms with Crippen molar-refractivity contribution in [2.24, 2.45) is 5.92 Å². The van der Waals surface area contributed by atoms with Gasteiger partial charge in [0, 0.05) is 18.4 Å². The Hall–Kier alpha value is -2.09. The van der Waals surface area contributed by atoms with Gasteiger partial charge in [-0.3, -0.25) is 4.79 Å². The summed E-state index contributed by atoms with van der Waals surface area (Å²) in [5.41, 5.74) is 5.50. The number of carbonyl (C=O) groups is 1. The van der Waals surface area contributed by atoms with E-state index in [1.807, 2.05) is 6.92 Å². The zero-order chi connectivity index (χ0) is 24.9. The lowest BCUT2D eigenvalue weighted by atomic mass is 9.62. The molecule has 1 aromatic carbocycles. The lowest BCUT2D eigenvalue weighted by Crippen LogP contribution is -2.56. The van der Waals surface area contributed by atoms with Crippen LogP contribution in [0.2, 0.25) is 0 Å². The van der Waals surface area contributed by atoms with Gasteiger partial charge in [-0.05, 0) is 74.5 Å². The van der Waals surface area contributed by atoms with Gasteiger partial charge in [-0.25, -0.2) is 0 Å². The maximum atomic E-state index is 11.5. The highest BCUT2D eigenvalue weighted by Crippen LogP contribution is 2.58. The molecule has 3 aliphatic rings. The quantitative estimate of drug-likeness (QED) is 0.444. The standard InChI is InChI=1S/C27H38O7/c1-12(2)9-17-10-14(4)18-8-7-13(3)20-22(18)21(17)15(5)25(23(20)30)34-27-24(31)26(33-16(6)28)19(29)11-32-27/h9,13-14,17-19,24,26-27,29-31H,7-8,10-11H2,1-6H3/t13-,14-,17+,18+,19-,24+,26-,27-/m0/s1. The van der Waals surface area contributed by atoms with Crippen molar-refractivity contribution in [1.29, 1.82) is 0 Å². The van der Waals surface area contributed by atoms with Gasteiger partial charge in [0.2, 0.25) is 6.29 Å². The van der Waals surface area contributed by atoms with Crippen LogP contribution in [0, 0.1) is 12.8 Å². The van der Waals surface area contributed by atoms with Gasteiger partial charge in [-0.1, -0.05) is 25.5 Å². The van der Waals surface area contributed by atoms with E-state index in [-0.39, 0.29) is 24.2 Å². The topological polar surface area (TPSA) is 105 Å². The van der Waals surface area contributed by atoms with Crippen molar-refractivity contribution in [3.05, 3.63) is 33.9 Å². The van der Waals surface area contributed by atoms with Gasteiger partial charge in [-0.15, -0.1) is 0 Å². The fraction of sp³-hybridized carbons (Fsp3) is 0.667. The molecule has 3 N–H and O–H groups in total. The first-order valence-electron chi connectivity index (χ1n) is 12.4. The Morgan fingerprint density at radius 2 is 1.79 bits per heavy atom. The highest BCUT2D eigenvalue weighted by Gasteiger charge is 2.45. The van der Waals surface area contributed by atoms with Gasteiger partial charge in [0.15, 0.2) is 23.7 Å². The molecule has 0 bridgehead atoms. The van der Waals surface area contributed by atoms with Crippen LogP contribution in [0.25, 0.3) is 0 Å². The number of hydrogen-bond acceptors (Lipinski definition) is 7. The molecule has 0 unspecified atom stereocenters. The predicted molar refractivity (Wildman–Crippen MR) is 127 cm³/mol. The van der Waals surface area contributed by atoms with E-state index in [1.54, 1.807) is 0 Å². The monoisotopic (exact) mass is 474 g/mol. The van der Waals surface area contributed by atoms with Crippen LogP contribution < -0.4 is 4.74 Å². The van der Waals surface area contributed by atoms with Gasteiger partial charge >= 0.3 is 5.97 Å². The van der Waals surface area contributed by atoms with Gasteiger partial charge in [-0.2, -0.15) is 0 Å². The Bertz CT molecular complexity index is 980. The van der Waals surface area contributed by atoms with Crippen LogP contribution in [-0.4, -0.2) is 52.5 Å². The molecule has 34 heavy (non-hydrogen) atoms. The average molecular weight is 475 g/mol. The third-order valence-electron chi connectivity index (χ3n) is 7.75. The number of phenols is 1. The van der Waals surface area contributed by atoms with Crippen LogP contribution in [-0.2, 0) is 14.3 Å². The zero-order valence-electron chi connectivity index (χ0n) is 21.0. The SMILES string of the molecule is CC(=O)O[C@@H]1[C@@H](O)[C@H](Oc2c(C)c3c4c(c2O)[C@@H](C)CC[C@@H]4[C@@H](C)C[C@H]3C=C(C)C)OC[C@@H]1O. The molecule has 1 aliphatic heterocycles. The first kappa shape index (κ1) is 25.0. The molecule has 2 aliphatic carbocycles. The van der Waals surface area contributed by atoms with E-state index in [9.17, 15) is 20.1 Å². The summed E-state index contributed by atoms with van der Waals surface area (Å²) >= 11 is 0. The van der Waals surface area contributed by atoms with Crippen LogP contribution >= 0.6 is 0 Å². The Labute approximate surface area is 201 Å². The number of ether oxygens (including phenoxy) is 3. The largest absolute Gasteiger partial charge is 0.504 e. The molecule has 8 atom stereocenters. The smallest absolute Gasteiger partial charge is 0.303 e. The summed E-state index contributed by atoms with van der Waals surface area (Å²) in [7, 11) is 0. The van der Waals surface area contributed by atoms with Crippen molar-refractivity contribution in [2.45, 2.75) is 103 Å². The minimum Gasteiger partial charge on any atom is -0.504 e. The predicted octanol–water partition coefficient (Wildman–Crippen LogP) is 4.16. The first-order valence-corrected chi connectivity index (χ1v) is 12.4. The minimum atomic E-state index is -1.40. The van der Waals surface area contributed by atoms with Crippen LogP contribution in [0.3, 0.4) is 0 Å². The Morgan fingerprint density at radius 3 is 2.44 bits per heavy atom. The van der Waals surface area contributed by atoms with E-state index >= 15 is 0 Å². The fourth-order valence-corrected chi connectivity index (χ4v) is 6.27. The van der Waals surface area contributed by atoms with Gasteiger partial charge in [0.05, 0.1) is 6.61 Å². The average Bonchev–Trinajstić information content (AvgIpc) is 2.74. The molecule has 1 fully saturated rings. The van der Waals surface area contributed by atoms with Crippen LogP contribution in [0.4, 0.5) is 0 Å². The second kappa shape index (κ2) is 9.51. The van der Waals surface area contributed by atoms with Crippen molar-refractivity contribution in [1.82, 2.24) is 0 Å². The molecule has 188 valence electrons. The van der Waals surface area contributed by atoms with Crippen molar-refractivity contribution in [3.8, 4) is 11.5 Å². The van der Waals surface area contributed by atoms with Crippen molar-refractivity contribution < 1.29 is 34.3 Å². The molecule has 7 nitrogen and oxygen atoms in total. The van der Waals surface area contributed by atoms with E-state index in [0.29, 0.717) is 17.6 Å². The second-order valence-corrected chi connectivity index (χ2v) is 10.6. The number of aliphatic hydroxyl groups is 2. The van der Waals surface area contributed by atoms with Crippen molar-refractivity contribution in [3.63, 3.8) is 0 Å². The van der Waals surface area contributed by atoms with E-state index in [4.69, 9.17) is 14.2 Å². The van der Waals surface area contributed by atoms with E-state index < -0.39 is 30.6 Å².